The number of rotatable bonds is 5. The fraction of sp³-hybridized carbons (Fsp3) is 0.474. The molecule has 3 nitrogen and oxygen atoms in total. The molecule has 0 radical (unpaired) electrons. The molecule has 0 bridgehead atoms. The minimum absolute atomic E-state index is 0.0736. The second-order valence-electron chi connectivity index (χ2n) is 6.47. The number of ether oxygens (including phenoxy) is 3. The minimum Gasteiger partial charge on any atom is -0.497 e. The molecule has 4 heteroatoms. The molecule has 0 N–H and O–H groups in total. The van der Waals surface area contributed by atoms with Crippen LogP contribution in [0.25, 0.3) is 0 Å². The van der Waals surface area contributed by atoms with E-state index in [4.69, 9.17) is 14.2 Å². The van der Waals surface area contributed by atoms with Crippen molar-refractivity contribution >= 4 is 11.3 Å². The van der Waals surface area contributed by atoms with E-state index < -0.39 is 0 Å². The van der Waals surface area contributed by atoms with Crippen LogP contribution in [0.3, 0.4) is 0 Å². The summed E-state index contributed by atoms with van der Waals surface area (Å²) in [6, 6.07) is 10.3. The lowest BCUT2D eigenvalue weighted by molar-refractivity contribution is -0.160. The number of thiophene rings is 1. The molecular formula is C19H22O3S. The number of hydrogen-bond acceptors (Lipinski definition) is 4. The molecule has 0 unspecified atom stereocenters. The average molecular weight is 330 g/mol. The van der Waals surface area contributed by atoms with Crippen LogP contribution in [0.4, 0.5) is 0 Å². The van der Waals surface area contributed by atoms with Crippen molar-refractivity contribution in [1.29, 1.82) is 0 Å². The van der Waals surface area contributed by atoms with E-state index >= 15 is 0 Å². The van der Waals surface area contributed by atoms with Gasteiger partial charge >= 0.3 is 0 Å². The third-order valence-corrected chi connectivity index (χ3v) is 5.65. The van der Waals surface area contributed by atoms with Crippen LogP contribution < -0.4 is 9.47 Å². The molecule has 1 aromatic heterocycles. The van der Waals surface area contributed by atoms with Gasteiger partial charge in [-0.2, -0.15) is 0 Å². The molecule has 2 fully saturated rings. The highest BCUT2D eigenvalue weighted by atomic mass is 32.1. The van der Waals surface area contributed by atoms with Gasteiger partial charge in [0.15, 0.2) is 6.29 Å². The summed E-state index contributed by atoms with van der Waals surface area (Å²) in [5, 5.41) is 2.10. The Balaban J connectivity index is 1.43. The van der Waals surface area contributed by atoms with Crippen molar-refractivity contribution in [3.63, 3.8) is 0 Å². The second kappa shape index (κ2) is 6.17. The molecular weight excluding hydrogens is 308 g/mol. The largest absolute Gasteiger partial charge is 0.497 e. The molecule has 23 heavy (non-hydrogen) atoms. The van der Waals surface area contributed by atoms with Crippen LogP contribution in [0.1, 0.15) is 42.5 Å². The van der Waals surface area contributed by atoms with Gasteiger partial charge in [-0.25, -0.2) is 0 Å². The highest BCUT2D eigenvalue weighted by molar-refractivity contribution is 7.10. The SMILES string of the molecule is COc1ccc(Cc2sccc2O[C@H]2CCCC3(CC3)O2)cc1. The zero-order valence-electron chi connectivity index (χ0n) is 13.4. The molecule has 1 spiro atoms. The lowest BCUT2D eigenvalue weighted by Crippen LogP contribution is -2.33. The summed E-state index contributed by atoms with van der Waals surface area (Å²) in [5.41, 5.74) is 1.43. The van der Waals surface area contributed by atoms with Crippen LogP contribution in [-0.4, -0.2) is 19.0 Å². The molecule has 1 aliphatic heterocycles. The molecule has 1 atom stereocenters. The molecule has 2 heterocycles. The van der Waals surface area contributed by atoms with Gasteiger partial charge in [0.05, 0.1) is 17.6 Å². The molecule has 2 aromatic rings. The summed E-state index contributed by atoms with van der Waals surface area (Å²) < 4.78 is 17.6. The highest BCUT2D eigenvalue weighted by Crippen LogP contribution is 2.48. The number of benzene rings is 1. The molecule has 1 aliphatic carbocycles. The molecule has 1 aromatic carbocycles. The molecule has 122 valence electrons. The van der Waals surface area contributed by atoms with E-state index in [0.717, 1.165) is 24.3 Å². The Morgan fingerprint density at radius 2 is 2.00 bits per heavy atom. The Bertz CT molecular complexity index is 658. The fourth-order valence-electron chi connectivity index (χ4n) is 3.21. The van der Waals surface area contributed by atoms with Crippen LogP contribution >= 0.6 is 11.3 Å². The first kappa shape index (κ1) is 15.0. The quantitative estimate of drug-likeness (QED) is 0.789. The van der Waals surface area contributed by atoms with Crippen molar-refractivity contribution < 1.29 is 14.2 Å². The van der Waals surface area contributed by atoms with E-state index in [0.29, 0.717) is 0 Å². The summed E-state index contributed by atoms with van der Waals surface area (Å²) in [6.07, 6.45) is 6.63. The Labute approximate surface area is 141 Å². The maximum absolute atomic E-state index is 6.18. The Kier molecular flexibility index (Phi) is 4.04. The van der Waals surface area contributed by atoms with E-state index in [1.165, 1.54) is 36.1 Å². The second-order valence-corrected chi connectivity index (χ2v) is 7.47. The van der Waals surface area contributed by atoms with Gasteiger partial charge in [0.2, 0.25) is 0 Å². The summed E-state index contributed by atoms with van der Waals surface area (Å²) in [4.78, 5) is 1.26. The first-order chi connectivity index (χ1) is 11.3. The topological polar surface area (TPSA) is 27.7 Å². The standard InChI is InChI=1S/C19H22O3S/c1-20-15-6-4-14(5-7-15)13-17-16(8-12-23-17)21-18-3-2-9-19(22-18)10-11-19/h4-8,12,18H,2-3,9-11,13H2,1H3/t18-/m1/s1. The minimum atomic E-state index is -0.0736. The molecule has 1 saturated carbocycles. The van der Waals surface area contributed by atoms with Crippen LogP contribution in [0.15, 0.2) is 35.7 Å². The van der Waals surface area contributed by atoms with E-state index in [2.05, 4.69) is 23.6 Å². The number of hydrogen-bond donors (Lipinski definition) is 0. The molecule has 2 aliphatic rings. The van der Waals surface area contributed by atoms with Crippen LogP contribution in [0.5, 0.6) is 11.5 Å². The van der Waals surface area contributed by atoms with E-state index in [1.807, 2.05) is 12.1 Å². The smallest absolute Gasteiger partial charge is 0.200 e. The van der Waals surface area contributed by atoms with Gasteiger partial charge in [-0.1, -0.05) is 12.1 Å². The summed E-state index contributed by atoms with van der Waals surface area (Å²) in [7, 11) is 1.69. The molecule has 0 amide bonds. The molecule has 1 saturated heterocycles. The van der Waals surface area contributed by atoms with Gasteiger partial charge < -0.3 is 14.2 Å². The van der Waals surface area contributed by atoms with Gasteiger partial charge in [-0.3, -0.25) is 0 Å². The summed E-state index contributed by atoms with van der Waals surface area (Å²) in [5.74, 6) is 1.87. The maximum atomic E-state index is 6.18. The monoisotopic (exact) mass is 330 g/mol. The third kappa shape index (κ3) is 3.38. The lowest BCUT2D eigenvalue weighted by atomic mass is 10.1. The van der Waals surface area contributed by atoms with E-state index in [9.17, 15) is 0 Å². The number of methoxy groups -OCH3 is 1. The third-order valence-electron chi connectivity index (χ3n) is 4.75. The average Bonchev–Trinajstić information content (AvgIpc) is 3.17. The van der Waals surface area contributed by atoms with Crippen molar-refractivity contribution in [2.75, 3.05) is 7.11 Å². The van der Waals surface area contributed by atoms with E-state index in [1.54, 1.807) is 18.4 Å². The van der Waals surface area contributed by atoms with Gasteiger partial charge in [-0.15, -0.1) is 11.3 Å². The summed E-state index contributed by atoms with van der Waals surface area (Å²) in [6.45, 7) is 0. The zero-order valence-corrected chi connectivity index (χ0v) is 14.2. The maximum Gasteiger partial charge on any atom is 0.200 e. The summed E-state index contributed by atoms with van der Waals surface area (Å²) >= 11 is 1.75. The van der Waals surface area contributed by atoms with Crippen molar-refractivity contribution in [3.8, 4) is 11.5 Å². The van der Waals surface area contributed by atoms with Crippen LogP contribution in [0, 0.1) is 0 Å². The lowest BCUT2D eigenvalue weighted by Gasteiger charge is -2.30. The van der Waals surface area contributed by atoms with Gasteiger partial charge in [0.25, 0.3) is 0 Å². The Morgan fingerprint density at radius 3 is 2.74 bits per heavy atom. The zero-order chi connectivity index (χ0) is 15.7. The van der Waals surface area contributed by atoms with Gasteiger partial charge in [-0.05, 0) is 54.8 Å². The first-order valence-electron chi connectivity index (χ1n) is 8.30. The predicted molar refractivity (Wildman–Crippen MR) is 91.4 cm³/mol. The fourth-order valence-corrected chi connectivity index (χ4v) is 4.05. The van der Waals surface area contributed by atoms with Gasteiger partial charge in [0.1, 0.15) is 11.5 Å². The Morgan fingerprint density at radius 1 is 1.17 bits per heavy atom. The van der Waals surface area contributed by atoms with Crippen molar-refractivity contribution in [2.24, 2.45) is 0 Å². The Hall–Kier alpha value is -1.52. The van der Waals surface area contributed by atoms with Crippen LogP contribution in [-0.2, 0) is 11.2 Å². The van der Waals surface area contributed by atoms with Crippen molar-refractivity contribution in [3.05, 3.63) is 46.2 Å². The molecule has 4 rings (SSSR count). The predicted octanol–water partition coefficient (Wildman–Crippen LogP) is 4.79. The normalized spacial score (nSPS) is 22.0. The van der Waals surface area contributed by atoms with E-state index in [-0.39, 0.29) is 11.9 Å². The highest BCUT2D eigenvalue weighted by Gasteiger charge is 2.48. The first-order valence-corrected chi connectivity index (χ1v) is 9.18. The van der Waals surface area contributed by atoms with Crippen molar-refractivity contribution in [2.45, 2.75) is 50.4 Å². The van der Waals surface area contributed by atoms with Gasteiger partial charge in [0, 0.05) is 12.8 Å². The van der Waals surface area contributed by atoms with Crippen LogP contribution in [0.2, 0.25) is 0 Å². The van der Waals surface area contributed by atoms with Crippen molar-refractivity contribution in [1.82, 2.24) is 0 Å².